The van der Waals surface area contributed by atoms with Crippen molar-refractivity contribution in [1.29, 1.82) is 0 Å². The minimum Gasteiger partial charge on any atom is -0.494 e. The highest BCUT2D eigenvalue weighted by Gasteiger charge is 2.80. The number of likely N-dealkylation sites (tertiary alicyclic amines) is 1. The monoisotopic (exact) mass is 657 g/mol. The molecule has 48 heavy (non-hydrogen) atoms. The van der Waals surface area contributed by atoms with E-state index < -0.39 is 35.1 Å². The van der Waals surface area contributed by atoms with Crippen molar-refractivity contribution in [2.75, 3.05) is 31.2 Å². The third kappa shape index (κ3) is 5.85. The molecule has 3 aliphatic heterocycles. The van der Waals surface area contributed by atoms with Gasteiger partial charge in [0.2, 0.25) is 17.7 Å². The van der Waals surface area contributed by atoms with Crippen molar-refractivity contribution in [3.8, 4) is 5.75 Å². The van der Waals surface area contributed by atoms with Crippen molar-refractivity contribution in [3.63, 3.8) is 0 Å². The van der Waals surface area contributed by atoms with E-state index in [-0.39, 0.29) is 49.3 Å². The number of nitrogens with zero attached hydrogens (tertiary/aromatic N) is 3. The standard InChI is InChI=1S/C39H51N3O6/c1-8-21-40(24-28-15-13-12-14-16-28)37(46)34-39-23-27(6)38(7,48-39)32(33(39)36(45)42(34)31(25-43)26(5)10-3)35(44)41(22-9-2)29-17-19-30(20-18-29)47-11-4/h8-9,12-20,26-27,31-34,43H,1-2,10-11,21-25H2,3-7H3/t26-,27?,31-,32-,33-,34?,38+,39?/m0/s1. The predicted octanol–water partition coefficient (Wildman–Crippen LogP) is 5.24. The first-order valence-corrected chi connectivity index (χ1v) is 17.2. The Balaban J connectivity index is 1.62. The van der Waals surface area contributed by atoms with Crippen LogP contribution in [0.2, 0.25) is 0 Å². The fraction of sp³-hybridized carbons (Fsp3) is 0.513. The highest BCUT2D eigenvalue weighted by atomic mass is 16.5. The van der Waals surface area contributed by atoms with E-state index in [4.69, 9.17) is 9.47 Å². The first-order chi connectivity index (χ1) is 23.0. The molecule has 0 aromatic heterocycles. The molecule has 3 amide bonds. The van der Waals surface area contributed by atoms with Gasteiger partial charge < -0.3 is 29.3 Å². The van der Waals surface area contributed by atoms with Gasteiger partial charge in [0, 0.05) is 25.3 Å². The second kappa shape index (κ2) is 14.3. The average Bonchev–Trinajstić information content (AvgIpc) is 3.60. The number of rotatable bonds is 15. The van der Waals surface area contributed by atoms with Crippen LogP contribution in [0.25, 0.3) is 0 Å². The summed E-state index contributed by atoms with van der Waals surface area (Å²) in [6.45, 7) is 18.7. The summed E-state index contributed by atoms with van der Waals surface area (Å²) < 4.78 is 12.7. The van der Waals surface area contributed by atoms with Gasteiger partial charge in [0.15, 0.2) is 0 Å². The largest absolute Gasteiger partial charge is 0.494 e. The molecule has 1 spiro atoms. The number of ether oxygens (including phenoxy) is 2. The SMILES string of the molecule is C=CCN(Cc1ccccc1)C(=O)C1N([C@@H](CO)[C@@H](C)CC)C(=O)[C@@H]2[C@@H](C(=O)N(CC=C)c3ccc(OCC)cc3)[C@]3(C)OC12CC3C. The minimum absolute atomic E-state index is 0.105. The molecule has 258 valence electrons. The van der Waals surface area contributed by atoms with Gasteiger partial charge in [-0.15, -0.1) is 13.2 Å². The van der Waals surface area contributed by atoms with Crippen molar-refractivity contribution in [2.24, 2.45) is 23.7 Å². The lowest BCUT2D eigenvalue weighted by atomic mass is 9.62. The number of carbonyl (C=O) groups is 3. The van der Waals surface area contributed by atoms with Crippen LogP contribution in [0.3, 0.4) is 0 Å². The van der Waals surface area contributed by atoms with Crippen LogP contribution >= 0.6 is 0 Å². The molecule has 8 atom stereocenters. The van der Waals surface area contributed by atoms with Crippen LogP contribution in [-0.4, -0.2) is 82.2 Å². The van der Waals surface area contributed by atoms with Crippen molar-refractivity contribution < 1.29 is 29.0 Å². The van der Waals surface area contributed by atoms with Gasteiger partial charge in [-0.3, -0.25) is 14.4 Å². The molecule has 3 heterocycles. The number of carbonyl (C=O) groups excluding carboxylic acids is 3. The summed E-state index contributed by atoms with van der Waals surface area (Å²) in [7, 11) is 0. The molecule has 0 saturated carbocycles. The molecule has 0 aliphatic carbocycles. The molecule has 2 aromatic carbocycles. The molecule has 9 nitrogen and oxygen atoms in total. The number of anilines is 1. The van der Waals surface area contributed by atoms with Crippen molar-refractivity contribution >= 4 is 23.4 Å². The van der Waals surface area contributed by atoms with E-state index in [0.29, 0.717) is 37.4 Å². The topological polar surface area (TPSA) is 99.6 Å². The number of hydrogen-bond acceptors (Lipinski definition) is 6. The molecule has 0 radical (unpaired) electrons. The van der Waals surface area contributed by atoms with Crippen LogP contribution in [0.5, 0.6) is 5.75 Å². The van der Waals surface area contributed by atoms with E-state index in [1.165, 1.54) is 0 Å². The molecule has 9 heteroatoms. The molecule has 2 bridgehead atoms. The summed E-state index contributed by atoms with van der Waals surface area (Å²) in [5.74, 6) is -2.15. The Morgan fingerprint density at radius 1 is 1.08 bits per heavy atom. The zero-order valence-electron chi connectivity index (χ0n) is 29.0. The number of amides is 3. The highest BCUT2D eigenvalue weighted by Crippen LogP contribution is 2.66. The second-order valence-electron chi connectivity index (χ2n) is 13.7. The Morgan fingerprint density at radius 3 is 2.33 bits per heavy atom. The minimum atomic E-state index is -1.25. The Kier molecular flexibility index (Phi) is 10.5. The van der Waals surface area contributed by atoms with Crippen molar-refractivity contribution in [3.05, 3.63) is 85.5 Å². The summed E-state index contributed by atoms with van der Waals surface area (Å²) >= 11 is 0. The molecule has 3 aliphatic rings. The summed E-state index contributed by atoms with van der Waals surface area (Å²) in [5.41, 5.74) is -0.656. The van der Waals surface area contributed by atoms with Gasteiger partial charge >= 0.3 is 0 Å². The van der Waals surface area contributed by atoms with Gasteiger partial charge in [0.05, 0.1) is 36.7 Å². The fourth-order valence-electron chi connectivity index (χ4n) is 8.38. The number of aliphatic hydroxyl groups is 1. The second-order valence-corrected chi connectivity index (χ2v) is 13.7. The van der Waals surface area contributed by atoms with Crippen LogP contribution in [-0.2, 0) is 25.7 Å². The van der Waals surface area contributed by atoms with Crippen LogP contribution in [0, 0.1) is 23.7 Å². The molecule has 3 fully saturated rings. The maximum atomic E-state index is 15.0. The van der Waals surface area contributed by atoms with Crippen LogP contribution < -0.4 is 9.64 Å². The molecule has 3 saturated heterocycles. The Labute approximate surface area is 285 Å². The first-order valence-electron chi connectivity index (χ1n) is 17.2. The Bertz CT molecular complexity index is 1500. The lowest BCUT2D eigenvalue weighted by Gasteiger charge is -2.41. The fourth-order valence-corrected chi connectivity index (χ4v) is 8.38. The van der Waals surface area contributed by atoms with E-state index >= 15 is 0 Å². The van der Waals surface area contributed by atoms with E-state index in [1.807, 2.05) is 89.2 Å². The number of hydrogen-bond donors (Lipinski definition) is 1. The molecule has 5 rings (SSSR count). The van der Waals surface area contributed by atoms with E-state index in [0.717, 1.165) is 5.56 Å². The zero-order chi connectivity index (χ0) is 34.8. The number of aliphatic hydroxyl groups excluding tert-OH is 1. The van der Waals surface area contributed by atoms with Crippen LogP contribution in [0.15, 0.2) is 79.9 Å². The average molecular weight is 658 g/mol. The summed E-state index contributed by atoms with van der Waals surface area (Å²) in [6.07, 6.45) is 4.48. The molecular weight excluding hydrogens is 606 g/mol. The smallest absolute Gasteiger partial charge is 0.249 e. The quantitative estimate of drug-likeness (QED) is 0.263. The third-order valence-electron chi connectivity index (χ3n) is 11.0. The van der Waals surface area contributed by atoms with Crippen LogP contribution in [0.1, 0.15) is 53.0 Å². The number of fused-ring (bicyclic) bond motifs is 1. The lowest BCUT2D eigenvalue weighted by molar-refractivity contribution is -0.157. The maximum Gasteiger partial charge on any atom is 0.249 e. The zero-order valence-corrected chi connectivity index (χ0v) is 29.0. The van der Waals surface area contributed by atoms with E-state index in [1.54, 1.807) is 26.9 Å². The Morgan fingerprint density at radius 2 is 1.75 bits per heavy atom. The van der Waals surface area contributed by atoms with Gasteiger partial charge in [0.25, 0.3) is 0 Å². The first kappa shape index (κ1) is 35.4. The normalized spacial score (nSPS) is 28.5. The third-order valence-corrected chi connectivity index (χ3v) is 11.0. The molecular formula is C39H51N3O6. The highest BCUT2D eigenvalue weighted by molar-refractivity contribution is 6.03. The summed E-state index contributed by atoms with van der Waals surface area (Å²) in [5, 5.41) is 10.8. The summed E-state index contributed by atoms with van der Waals surface area (Å²) in [4.78, 5) is 49.8. The van der Waals surface area contributed by atoms with Gasteiger partial charge in [-0.25, -0.2) is 0 Å². The molecule has 3 unspecified atom stereocenters. The summed E-state index contributed by atoms with van der Waals surface area (Å²) in [6, 6.07) is 15.4. The Hall–Kier alpha value is -3.95. The molecule has 2 aromatic rings. The van der Waals surface area contributed by atoms with Gasteiger partial charge in [0.1, 0.15) is 17.4 Å². The maximum absolute atomic E-state index is 15.0. The number of benzene rings is 2. The van der Waals surface area contributed by atoms with Gasteiger partial charge in [-0.2, -0.15) is 0 Å². The van der Waals surface area contributed by atoms with Gasteiger partial charge in [-0.05, 0) is 61.9 Å². The lowest BCUT2D eigenvalue weighted by Crippen LogP contribution is -2.59. The van der Waals surface area contributed by atoms with Crippen molar-refractivity contribution in [2.45, 2.75) is 77.3 Å². The van der Waals surface area contributed by atoms with E-state index in [2.05, 4.69) is 13.2 Å². The molecule has 1 N–H and O–H groups in total. The van der Waals surface area contributed by atoms with Crippen LogP contribution in [0.4, 0.5) is 5.69 Å². The van der Waals surface area contributed by atoms with Gasteiger partial charge in [-0.1, -0.05) is 69.7 Å². The van der Waals surface area contributed by atoms with Crippen molar-refractivity contribution in [1.82, 2.24) is 9.80 Å². The predicted molar refractivity (Wildman–Crippen MR) is 186 cm³/mol. The van der Waals surface area contributed by atoms with E-state index in [9.17, 15) is 19.5 Å².